The van der Waals surface area contributed by atoms with E-state index in [4.69, 9.17) is 5.73 Å². The lowest BCUT2D eigenvalue weighted by Gasteiger charge is -2.08. The highest BCUT2D eigenvalue weighted by Crippen LogP contribution is 2.35. The summed E-state index contributed by atoms with van der Waals surface area (Å²) in [5.74, 6) is 0.787. The Morgan fingerprint density at radius 2 is 2.08 bits per heavy atom. The van der Waals surface area contributed by atoms with Crippen LogP contribution in [0.1, 0.15) is 42.7 Å². The first-order valence-electron chi connectivity index (χ1n) is 4.77. The molecule has 2 nitrogen and oxygen atoms in total. The van der Waals surface area contributed by atoms with Crippen LogP contribution >= 0.6 is 0 Å². The summed E-state index contributed by atoms with van der Waals surface area (Å²) in [5, 5.41) is 0. The molecule has 1 saturated carbocycles. The molecule has 0 aromatic carbocycles. The molecule has 0 amide bonds. The minimum atomic E-state index is 0.676. The van der Waals surface area contributed by atoms with E-state index >= 15 is 0 Å². The molecular weight excluding hydrogens is 148 g/mol. The van der Waals surface area contributed by atoms with Crippen LogP contribution in [0, 0.1) is 0 Å². The third kappa shape index (κ3) is 1.27. The Balaban J connectivity index is 2.19. The number of hydrogen-bond donors (Lipinski definition) is 2. The van der Waals surface area contributed by atoms with Gasteiger partial charge in [-0.1, -0.05) is 12.8 Å². The van der Waals surface area contributed by atoms with Crippen molar-refractivity contribution in [3.8, 4) is 0 Å². The molecule has 1 aromatic rings. The molecule has 0 atom stereocenters. The molecule has 1 aromatic heterocycles. The fourth-order valence-electron chi connectivity index (χ4n) is 2.20. The number of rotatable bonds is 2. The maximum atomic E-state index is 5.64. The standard InChI is InChI=1S/C10H16N2/c11-5-9-6-12-7-10(9)8-3-1-2-4-8/h6-8,12H,1-5,11H2. The van der Waals surface area contributed by atoms with Crippen LogP contribution in [-0.4, -0.2) is 4.98 Å². The van der Waals surface area contributed by atoms with Crippen molar-refractivity contribution in [2.24, 2.45) is 5.73 Å². The zero-order valence-corrected chi connectivity index (χ0v) is 7.34. The smallest absolute Gasteiger partial charge is 0.0196 e. The van der Waals surface area contributed by atoms with Crippen LogP contribution in [-0.2, 0) is 6.54 Å². The van der Waals surface area contributed by atoms with Crippen LogP contribution in [0.4, 0.5) is 0 Å². The summed E-state index contributed by atoms with van der Waals surface area (Å²) in [6.45, 7) is 0.676. The highest BCUT2D eigenvalue weighted by Gasteiger charge is 2.19. The van der Waals surface area contributed by atoms with Crippen LogP contribution in [0.25, 0.3) is 0 Å². The van der Waals surface area contributed by atoms with Gasteiger partial charge in [-0.25, -0.2) is 0 Å². The van der Waals surface area contributed by atoms with Crippen LogP contribution in [0.3, 0.4) is 0 Å². The van der Waals surface area contributed by atoms with E-state index in [2.05, 4.69) is 11.2 Å². The summed E-state index contributed by atoms with van der Waals surface area (Å²) in [6.07, 6.45) is 9.64. The maximum absolute atomic E-state index is 5.64. The highest BCUT2D eigenvalue weighted by molar-refractivity contribution is 5.27. The molecule has 0 saturated heterocycles. The molecule has 1 aliphatic carbocycles. The molecule has 1 aliphatic rings. The number of hydrogen-bond acceptors (Lipinski definition) is 1. The summed E-state index contributed by atoms with van der Waals surface area (Å²) < 4.78 is 0. The first kappa shape index (κ1) is 7.87. The first-order chi connectivity index (χ1) is 5.92. The average Bonchev–Trinajstić information content (AvgIpc) is 2.74. The molecule has 3 N–H and O–H groups in total. The van der Waals surface area contributed by atoms with E-state index in [9.17, 15) is 0 Å². The second-order valence-electron chi connectivity index (χ2n) is 3.62. The Morgan fingerprint density at radius 3 is 2.75 bits per heavy atom. The van der Waals surface area contributed by atoms with Crippen molar-refractivity contribution in [3.05, 3.63) is 23.5 Å². The third-order valence-corrected chi connectivity index (χ3v) is 2.88. The Kier molecular flexibility index (Phi) is 2.17. The Hall–Kier alpha value is -0.760. The molecule has 0 spiro atoms. The Labute approximate surface area is 73.2 Å². The fourth-order valence-corrected chi connectivity index (χ4v) is 2.20. The number of H-pyrrole nitrogens is 1. The lowest BCUT2D eigenvalue weighted by molar-refractivity contribution is 0.714. The lowest BCUT2D eigenvalue weighted by Crippen LogP contribution is -2.00. The van der Waals surface area contributed by atoms with E-state index < -0.39 is 0 Å². The monoisotopic (exact) mass is 164 g/mol. The average molecular weight is 164 g/mol. The summed E-state index contributed by atoms with van der Waals surface area (Å²) in [7, 11) is 0. The second kappa shape index (κ2) is 3.31. The van der Waals surface area contributed by atoms with Crippen molar-refractivity contribution in [2.75, 3.05) is 0 Å². The molecule has 66 valence electrons. The number of nitrogens with one attached hydrogen (secondary N) is 1. The SMILES string of the molecule is NCc1c[nH]cc1C1CCCC1. The molecule has 1 heterocycles. The normalized spacial score (nSPS) is 18.8. The van der Waals surface area contributed by atoms with Gasteiger partial charge in [-0.15, -0.1) is 0 Å². The number of aromatic amines is 1. The molecule has 0 radical (unpaired) electrons. The summed E-state index contributed by atoms with van der Waals surface area (Å²) in [4.78, 5) is 3.15. The predicted octanol–water partition coefficient (Wildman–Crippen LogP) is 2.13. The third-order valence-electron chi connectivity index (χ3n) is 2.88. The lowest BCUT2D eigenvalue weighted by atomic mass is 9.97. The van der Waals surface area contributed by atoms with E-state index in [1.54, 1.807) is 0 Å². The van der Waals surface area contributed by atoms with Crippen molar-refractivity contribution < 1.29 is 0 Å². The molecule has 0 aliphatic heterocycles. The van der Waals surface area contributed by atoms with Gasteiger partial charge in [0.25, 0.3) is 0 Å². The van der Waals surface area contributed by atoms with Gasteiger partial charge in [0.05, 0.1) is 0 Å². The van der Waals surface area contributed by atoms with Gasteiger partial charge in [0, 0.05) is 18.9 Å². The van der Waals surface area contributed by atoms with Crippen LogP contribution in [0.5, 0.6) is 0 Å². The van der Waals surface area contributed by atoms with Crippen molar-refractivity contribution in [2.45, 2.75) is 38.1 Å². The van der Waals surface area contributed by atoms with Crippen LogP contribution in [0.15, 0.2) is 12.4 Å². The van der Waals surface area contributed by atoms with Gasteiger partial charge in [-0.05, 0) is 29.9 Å². The maximum Gasteiger partial charge on any atom is 0.0196 e. The van der Waals surface area contributed by atoms with Crippen molar-refractivity contribution in [3.63, 3.8) is 0 Å². The van der Waals surface area contributed by atoms with Gasteiger partial charge in [-0.2, -0.15) is 0 Å². The van der Waals surface area contributed by atoms with Gasteiger partial charge >= 0.3 is 0 Å². The van der Waals surface area contributed by atoms with Crippen LogP contribution in [0.2, 0.25) is 0 Å². The number of aromatic nitrogens is 1. The molecule has 0 unspecified atom stereocenters. The molecule has 1 fully saturated rings. The largest absolute Gasteiger partial charge is 0.367 e. The zero-order chi connectivity index (χ0) is 8.39. The molecular formula is C10H16N2. The molecule has 2 rings (SSSR count). The first-order valence-corrected chi connectivity index (χ1v) is 4.77. The molecule has 2 heteroatoms. The van der Waals surface area contributed by atoms with E-state index in [-0.39, 0.29) is 0 Å². The van der Waals surface area contributed by atoms with Gasteiger partial charge in [0.15, 0.2) is 0 Å². The van der Waals surface area contributed by atoms with Gasteiger partial charge in [0.2, 0.25) is 0 Å². The minimum Gasteiger partial charge on any atom is -0.367 e. The van der Waals surface area contributed by atoms with E-state index in [0.29, 0.717) is 6.54 Å². The van der Waals surface area contributed by atoms with Crippen molar-refractivity contribution in [1.82, 2.24) is 4.98 Å². The van der Waals surface area contributed by atoms with Crippen molar-refractivity contribution >= 4 is 0 Å². The number of nitrogens with two attached hydrogens (primary N) is 1. The van der Waals surface area contributed by atoms with E-state index in [1.165, 1.54) is 36.8 Å². The summed E-state index contributed by atoms with van der Waals surface area (Å²) in [5.41, 5.74) is 8.42. The van der Waals surface area contributed by atoms with Gasteiger partial charge < -0.3 is 10.7 Å². The quantitative estimate of drug-likeness (QED) is 0.690. The van der Waals surface area contributed by atoms with E-state index in [0.717, 1.165) is 5.92 Å². The Morgan fingerprint density at radius 1 is 1.33 bits per heavy atom. The van der Waals surface area contributed by atoms with Crippen LogP contribution < -0.4 is 5.73 Å². The molecule has 0 bridgehead atoms. The minimum absolute atomic E-state index is 0.676. The van der Waals surface area contributed by atoms with Crippen molar-refractivity contribution in [1.29, 1.82) is 0 Å². The zero-order valence-electron chi connectivity index (χ0n) is 7.34. The van der Waals surface area contributed by atoms with E-state index in [1.807, 2.05) is 6.20 Å². The molecule has 12 heavy (non-hydrogen) atoms. The summed E-state index contributed by atoms with van der Waals surface area (Å²) in [6, 6.07) is 0. The fraction of sp³-hybridized carbons (Fsp3) is 0.600. The second-order valence-corrected chi connectivity index (χ2v) is 3.62. The predicted molar refractivity (Wildman–Crippen MR) is 49.9 cm³/mol. The highest BCUT2D eigenvalue weighted by atomic mass is 14.7. The van der Waals surface area contributed by atoms with Gasteiger partial charge in [0.1, 0.15) is 0 Å². The Bertz CT molecular complexity index is 246. The summed E-state index contributed by atoms with van der Waals surface area (Å²) >= 11 is 0. The van der Waals surface area contributed by atoms with Gasteiger partial charge in [-0.3, -0.25) is 0 Å². The topological polar surface area (TPSA) is 41.8 Å².